The van der Waals surface area contributed by atoms with E-state index in [0.29, 0.717) is 19.6 Å². The SMILES string of the molecule is C=CCNC/C(=C/C(=O)OC)NCC=C. The van der Waals surface area contributed by atoms with Crippen molar-refractivity contribution in [2.75, 3.05) is 26.7 Å². The third kappa shape index (κ3) is 7.52. The van der Waals surface area contributed by atoms with Gasteiger partial charge >= 0.3 is 5.97 Å². The fourth-order valence-electron chi connectivity index (χ4n) is 0.878. The fourth-order valence-corrected chi connectivity index (χ4v) is 0.878. The van der Waals surface area contributed by atoms with Gasteiger partial charge in [-0.15, -0.1) is 13.2 Å². The molecule has 0 unspecified atom stereocenters. The summed E-state index contributed by atoms with van der Waals surface area (Å²) in [6.45, 7) is 9.04. The van der Waals surface area contributed by atoms with E-state index in [2.05, 4.69) is 28.5 Å². The molecule has 0 saturated carbocycles. The molecule has 15 heavy (non-hydrogen) atoms. The van der Waals surface area contributed by atoms with Crippen LogP contribution in [-0.2, 0) is 9.53 Å². The molecule has 0 atom stereocenters. The van der Waals surface area contributed by atoms with E-state index in [9.17, 15) is 4.79 Å². The van der Waals surface area contributed by atoms with Crippen LogP contribution in [0, 0.1) is 0 Å². The smallest absolute Gasteiger partial charge is 0.332 e. The molecule has 4 heteroatoms. The van der Waals surface area contributed by atoms with Crippen molar-refractivity contribution in [3.05, 3.63) is 37.1 Å². The zero-order chi connectivity index (χ0) is 11.5. The molecular formula is C11H18N2O2. The zero-order valence-electron chi connectivity index (χ0n) is 9.08. The summed E-state index contributed by atoms with van der Waals surface area (Å²) < 4.78 is 4.54. The maximum Gasteiger partial charge on any atom is 0.332 e. The van der Waals surface area contributed by atoms with Gasteiger partial charge in [-0.25, -0.2) is 4.79 Å². The Kier molecular flexibility index (Phi) is 8.09. The molecule has 0 aliphatic rings. The molecule has 0 spiro atoms. The summed E-state index contributed by atoms with van der Waals surface area (Å²) in [6, 6.07) is 0. The molecule has 0 aromatic heterocycles. The number of rotatable bonds is 8. The molecule has 4 nitrogen and oxygen atoms in total. The second kappa shape index (κ2) is 9.02. The minimum Gasteiger partial charge on any atom is -0.466 e. The monoisotopic (exact) mass is 210 g/mol. The molecule has 0 saturated heterocycles. The summed E-state index contributed by atoms with van der Waals surface area (Å²) in [7, 11) is 1.35. The summed E-state index contributed by atoms with van der Waals surface area (Å²) >= 11 is 0. The van der Waals surface area contributed by atoms with E-state index < -0.39 is 0 Å². The van der Waals surface area contributed by atoms with Crippen molar-refractivity contribution < 1.29 is 9.53 Å². The minimum atomic E-state index is -0.373. The molecule has 0 bridgehead atoms. The molecule has 0 amide bonds. The van der Waals surface area contributed by atoms with E-state index in [1.54, 1.807) is 12.2 Å². The number of hydrogen-bond donors (Lipinski definition) is 2. The van der Waals surface area contributed by atoms with Gasteiger partial charge in [0, 0.05) is 31.4 Å². The van der Waals surface area contributed by atoms with Crippen LogP contribution in [0.4, 0.5) is 0 Å². The molecular weight excluding hydrogens is 192 g/mol. The van der Waals surface area contributed by atoms with Gasteiger partial charge < -0.3 is 15.4 Å². The zero-order valence-corrected chi connectivity index (χ0v) is 9.08. The molecule has 0 aromatic rings. The lowest BCUT2D eigenvalue weighted by Crippen LogP contribution is -2.26. The van der Waals surface area contributed by atoms with Gasteiger partial charge in [0.05, 0.1) is 7.11 Å². The third-order valence-electron chi connectivity index (χ3n) is 1.57. The lowest BCUT2D eigenvalue weighted by Gasteiger charge is -2.09. The number of carbonyl (C=O) groups is 1. The highest BCUT2D eigenvalue weighted by molar-refractivity contribution is 5.82. The quantitative estimate of drug-likeness (QED) is 0.266. The number of ether oxygens (including phenoxy) is 1. The van der Waals surface area contributed by atoms with Crippen LogP contribution in [0.5, 0.6) is 0 Å². The Morgan fingerprint density at radius 2 is 2.00 bits per heavy atom. The molecule has 0 aliphatic carbocycles. The normalized spacial score (nSPS) is 10.6. The first kappa shape index (κ1) is 13.4. The average molecular weight is 210 g/mol. The van der Waals surface area contributed by atoms with Crippen molar-refractivity contribution in [3.63, 3.8) is 0 Å². The summed E-state index contributed by atoms with van der Waals surface area (Å²) in [5.74, 6) is -0.373. The number of nitrogens with one attached hydrogen (secondary N) is 2. The van der Waals surface area contributed by atoms with E-state index in [1.807, 2.05) is 0 Å². The Labute approximate surface area is 90.7 Å². The molecule has 2 N–H and O–H groups in total. The lowest BCUT2D eigenvalue weighted by molar-refractivity contribution is -0.134. The van der Waals surface area contributed by atoms with Crippen LogP contribution in [0.25, 0.3) is 0 Å². The Bertz CT molecular complexity index is 247. The van der Waals surface area contributed by atoms with Crippen LogP contribution >= 0.6 is 0 Å². The predicted octanol–water partition coefficient (Wildman–Crippen LogP) is 0.595. The van der Waals surface area contributed by atoms with E-state index in [0.717, 1.165) is 5.70 Å². The van der Waals surface area contributed by atoms with Crippen molar-refractivity contribution in [1.82, 2.24) is 10.6 Å². The highest BCUT2D eigenvalue weighted by atomic mass is 16.5. The summed E-state index contributed by atoms with van der Waals surface area (Å²) in [5, 5.41) is 6.12. The second-order valence-electron chi connectivity index (χ2n) is 2.78. The molecule has 0 radical (unpaired) electrons. The van der Waals surface area contributed by atoms with Crippen molar-refractivity contribution in [2.24, 2.45) is 0 Å². The van der Waals surface area contributed by atoms with Crippen LogP contribution in [0.1, 0.15) is 0 Å². The van der Waals surface area contributed by atoms with Gasteiger partial charge in [0.15, 0.2) is 0 Å². The van der Waals surface area contributed by atoms with Gasteiger partial charge in [0.2, 0.25) is 0 Å². The Morgan fingerprint density at radius 3 is 2.53 bits per heavy atom. The number of hydrogen-bond acceptors (Lipinski definition) is 4. The van der Waals surface area contributed by atoms with Crippen molar-refractivity contribution in [1.29, 1.82) is 0 Å². The Hall–Kier alpha value is -1.55. The van der Waals surface area contributed by atoms with Crippen LogP contribution in [0.3, 0.4) is 0 Å². The van der Waals surface area contributed by atoms with E-state index >= 15 is 0 Å². The maximum atomic E-state index is 11.0. The van der Waals surface area contributed by atoms with Crippen LogP contribution in [-0.4, -0.2) is 32.7 Å². The van der Waals surface area contributed by atoms with Gasteiger partial charge in [-0.3, -0.25) is 0 Å². The molecule has 0 aliphatic heterocycles. The molecule has 0 rings (SSSR count). The largest absolute Gasteiger partial charge is 0.466 e. The summed E-state index contributed by atoms with van der Waals surface area (Å²) in [4.78, 5) is 11.0. The van der Waals surface area contributed by atoms with Gasteiger partial charge in [-0.05, 0) is 0 Å². The number of esters is 1. The van der Waals surface area contributed by atoms with Crippen molar-refractivity contribution in [2.45, 2.75) is 0 Å². The minimum absolute atomic E-state index is 0.373. The standard InChI is InChI=1S/C11H18N2O2/c1-4-6-12-9-10(13-7-5-2)8-11(14)15-3/h4-5,8,12-13H,1-2,6-7,9H2,3H3/b10-8-. The average Bonchev–Trinajstić information content (AvgIpc) is 2.25. The molecule has 0 fully saturated rings. The van der Waals surface area contributed by atoms with Gasteiger partial charge in [0.1, 0.15) is 0 Å². The highest BCUT2D eigenvalue weighted by Crippen LogP contribution is 1.89. The summed E-state index contributed by atoms with van der Waals surface area (Å²) in [6.07, 6.45) is 4.89. The highest BCUT2D eigenvalue weighted by Gasteiger charge is 1.99. The predicted molar refractivity (Wildman–Crippen MR) is 61.4 cm³/mol. The second-order valence-corrected chi connectivity index (χ2v) is 2.78. The van der Waals surface area contributed by atoms with Crippen molar-refractivity contribution in [3.8, 4) is 0 Å². The van der Waals surface area contributed by atoms with Crippen LogP contribution < -0.4 is 10.6 Å². The topological polar surface area (TPSA) is 50.4 Å². The van der Waals surface area contributed by atoms with E-state index in [1.165, 1.54) is 13.2 Å². The van der Waals surface area contributed by atoms with Crippen LogP contribution in [0.2, 0.25) is 0 Å². The van der Waals surface area contributed by atoms with E-state index in [4.69, 9.17) is 0 Å². The molecule has 84 valence electrons. The lowest BCUT2D eigenvalue weighted by atomic mass is 10.3. The van der Waals surface area contributed by atoms with Gasteiger partial charge in [-0.2, -0.15) is 0 Å². The Morgan fingerprint density at radius 1 is 1.33 bits per heavy atom. The third-order valence-corrected chi connectivity index (χ3v) is 1.57. The molecule has 0 aromatic carbocycles. The molecule has 0 heterocycles. The van der Waals surface area contributed by atoms with E-state index in [-0.39, 0.29) is 5.97 Å². The van der Waals surface area contributed by atoms with Crippen LogP contribution in [0.15, 0.2) is 37.1 Å². The summed E-state index contributed by atoms with van der Waals surface area (Å²) in [5.41, 5.74) is 0.767. The first-order valence-electron chi connectivity index (χ1n) is 4.69. The Balaban J connectivity index is 4.15. The number of methoxy groups -OCH3 is 1. The fraction of sp³-hybridized carbons (Fsp3) is 0.364. The number of carbonyl (C=O) groups excluding carboxylic acids is 1. The first-order chi connectivity index (χ1) is 7.24. The first-order valence-corrected chi connectivity index (χ1v) is 4.69. The van der Waals surface area contributed by atoms with Gasteiger partial charge in [-0.1, -0.05) is 12.2 Å². The maximum absolute atomic E-state index is 11.0. The van der Waals surface area contributed by atoms with Gasteiger partial charge in [0.25, 0.3) is 0 Å². The van der Waals surface area contributed by atoms with Crippen molar-refractivity contribution >= 4 is 5.97 Å².